The molecule has 0 aromatic heterocycles. The fraction of sp³-hybridized carbons (Fsp3) is 0.579. The number of hydrogen-bond donors (Lipinski definition) is 1. The van der Waals surface area contributed by atoms with E-state index in [1.54, 1.807) is 4.90 Å². The molecule has 2 heterocycles. The van der Waals surface area contributed by atoms with Gasteiger partial charge in [-0.2, -0.15) is 0 Å². The second kappa shape index (κ2) is 6.77. The molecule has 1 N–H and O–H groups in total. The van der Waals surface area contributed by atoms with Crippen LogP contribution in [0, 0.1) is 5.92 Å². The van der Waals surface area contributed by atoms with Crippen molar-refractivity contribution in [1.82, 2.24) is 15.1 Å². The Labute approximate surface area is 148 Å². The van der Waals surface area contributed by atoms with Crippen molar-refractivity contribution < 1.29 is 14.3 Å². The molecule has 0 unspecified atom stereocenters. The van der Waals surface area contributed by atoms with Crippen LogP contribution in [-0.4, -0.2) is 66.5 Å². The van der Waals surface area contributed by atoms with Crippen molar-refractivity contribution >= 4 is 11.8 Å². The third-order valence-electron chi connectivity index (χ3n) is 5.56. The summed E-state index contributed by atoms with van der Waals surface area (Å²) in [6, 6.07) is 9.72. The second-order valence-electron chi connectivity index (χ2n) is 7.47. The Morgan fingerprint density at radius 2 is 1.96 bits per heavy atom. The van der Waals surface area contributed by atoms with Gasteiger partial charge in [0.2, 0.25) is 0 Å². The zero-order valence-electron chi connectivity index (χ0n) is 14.6. The molecule has 3 fully saturated rings. The lowest BCUT2D eigenvalue weighted by atomic mass is 9.92. The van der Waals surface area contributed by atoms with Crippen LogP contribution in [0.4, 0.5) is 0 Å². The fourth-order valence-corrected chi connectivity index (χ4v) is 3.96. The highest BCUT2D eigenvalue weighted by Gasteiger charge is 2.47. The van der Waals surface area contributed by atoms with Crippen molar-refractivity contribution in [3.63, 3.8) is 0 Å². The van der Waals surface area contributed by atoms with E-state index < -0.39 is 11.8 Å². The largest absolute Gasteiger partial charge is 0.378 e. The van der Waals surface area contributed by atoms with Crippen LogP contribution in [0.1, 0.15) is 18.4 Å². The van der Waals surface area contributed by atoms with Crippen LogP contribution in [0.5, 0.6) is 0 Å². The molecule has 4 rings (SSSR count). The number of ether oxygens (including phenoxy) is 1. The molecule has 0 radical (unpaired) electrons. The van der Waals surface area contributed by atoms with Crippen LogP contribution in [0.15, 0.2) is 30.3 Å². The molecule has 6 heteroatoms. The van der Waals surface area contributed by atoms with Gasteiger partial charge >= 0.3 is 11.8 Å². The summed E-state index contributed by atoms with van der Waals surface area (Å²) >= 11 is 0. The number of amides is 2. The Balaban J connectivity index is 1.54. The maximum absolute atomic E-state index is 12.5. The Hall–Kier alpha value is -1.92. The summed E-state index contributed by atoms with van der Waals surface area (Å²) in [5.41, 5.74) is 1.03. The molecule has 1 aliphatic carbocycles. The van der Waals surface area contributed by atoms with Gasteiger partial charge in [0.15, 0.2) is 0 Å². The SMILES string of the molecule is CN(CC1CC1)[C@H]1COC[C@@H]2[C@@H]1NC(=O)C(=O)N2Cc1ccccc1. The molecular formula is C19H25N3O3. The second-order valence-corrected chi connectivity index (χ2v) is 7.47. The third-order valence-corrected chi connectivity index (χ3v) is 5.56. The van der Waals surface area contributed by atoms with Crippen molar-refractivity contribution in [2.45, 2.75) is 37.5 Å². The molecule has 0 spiro atoms. The Morgan fingerprint density at radius 1 is 1.20 bits per heavy atom. The summed E-state index contributed by atoms with van der Waals surface area (Å²) in [5, 5.41) is 2.96. The molecule has 2 aliphatic heterocycles. The average Bonchev–Trinajstić information content (AvgIpc) is 3.43. The zero-order valence-corrected chi connectivity index (χ0v) is 14.6. The van der Waals surface area contributed by atoms with Gasteiger partial charge < -0.3 is 15.0 Å². The van der Waals surface area contributed by atoms with Crippen molar-refractivity contribution in [2.75, 3.05) is 26.8 Å². The highest BCUT2D eigenvalue weighted by atomic mass is 16.5. The summed E-state index contributed by atoms with van der Waals surface area (Å²) in [4.78, 5) is 28.8. The highest BCUT2D eigenvalue weighted by Crippen LogP contribution is 2.31. The molecule has 3 atom stereocenters. The third kappa shape index (κ3) is 3.41. The molecule has 25 heavy (non-hydrogen) atoms. The number of benzene rings is 1. The lowest BCUT2D eigenvalue weighted by Gasteiger charge is -2.49. The van der Waals surface area contributed by atoms with Gasteiger partial charge in [0.25, 0.3) is 0 Å². The van der Waals surface area contributed by atoms with Gasteiger partial charge in [0, 0.05) is 13.1 Å². The lowest BCUT2D eigenvalue weighted by molar-refractivity contribution is -0.160. The highest BCUT2D eigenvalue weighted by molar-refractivity contribution is 6.35. The Morgan fingerprint density at radius 3 is 2.68 bits per heavy atom. The number of carbonyl (C=O) groups is 2. The van der Waals surface area contributed by atoms with Crippen LogP contribution in [0.3, 0.4) is 0 Å². The predicted octanol–water partition coefficient (Wildman–Crippen LogP) is 0.623. The van der Waals surface area contributed by atoms with E-state index in [0.29, 0.717) is 19.8 Å². The predicted molar refractivity (Wildman–Crippen MR) is 92.7 cm³/mol. The molecule has 2 amide bonds. The van der Waals surface area contributed by atoms with Crippen LogP contribution >= 0.6 is 0 Å². The van der Waals surface area contributed by atoms with E-state index in [0.717, 1.165) is 18.0 Å². The number of carbonyl (C=O) groups excluding carboxylic acids is 2. The first-order valence-corrected chi connectivity index (χ1v) is 9.07. The van der Waals surface area contributed by atoms with Crippen LogP contribution < -0.4 is 5.32 Å². The number of likely N-dealkylation sites (N-methyl/N-ethyl adjacent to an activating group) is 1. The first-order chi connectivity index (χ1) is 12.1. The van der Waals surface area contributed by atoms with Gasteiger partial charge in [-0.1, -0.05) is 30.3 Å². The Kier molecular flexibility index (Phi) is 4.48. The van der Waals surface area contributed by atoms with Gasteiger partial charge in [0.05, 0.1) is 31.3 Å². The minimum Gasteiger partial charge on any atom is -0.378 e. The monoisotopic (exact) mass is 343 g/mol. The first kappa shape index (κ1) is 16.5. The number of nitrogens with one attached hydrogen (secondary N) is 1. The fourth-order valence-electron chi connectivity index (χ4n) is 3.96. The molecule has 1 aromatic carbocycles. The van der Waals surface area contributed by atoms with Gasteiger partial charge in [-0.15, -0.1) is 0 Å². The molecule has 6 nitrogen and oxygen atoms in total. The molecule has 2 saturated heterocycles. The van der Waals surface area contributed by atoms with E-state index >= 15 is 0 Å². The first-order valence-electron chi connectivity index (χ1n) is 9.07. The van der Waals surface area contributed by atoms with E-state index in [4.69, 9.17) is 4.74 Å². The summed E-state index contributed by atoms with van der Waals surface area (Å²) in [6.07, 6.45) is 2.58. The minimum atomic E-state index is -0.496. The number of piperazine rings is 1. The number of fused-ring (bicyclic) bond motifs is 1. The summed E-state index contributed by atoms with van der Waals surface area (Å²) in [5.74, 6) is -0.185. The average molecular weight is 343 g/mol. The summed E-state index contributed by atoms with van der Waals surface area (Å²) in [6.45, 7) is 2.53. The van der Waals surface area contributed by atoms with Crippen molar-refractivity contribution in [3.05, 3.63) is 35.9 Å². The topological polar surface area (TPSA) is 61.9 Å². The summed E-state index contributed by atoms with van der Waals surface area (Å²) in [7, 11) is 2.10. The Bertz CT molecular complexity index is 647. The molecular weight excluding hydrogens is 318 g/mol. The smallest absolute Gasteiger partial charge is 0.312 e. The number of rotatable bonds is 5. The maximum atomic E-state index is 12.5. The van der Waals surface area contributed by atoms with Crippen molar-refractivity contribution in [2.24, 2.45) is 5.92 Å². The van der Waals surface area contributed by atoms with Crippen LogP contribution in [0.25, 0.3) is 0 Å². The van der Waals surface area contributed by atoms with Gasteiger partial charge in [-0.05, 0) is 31.4 Å². The van der Waals surface area contributed by atoms with E-state index in [1.807, 2.05) is 30.3 Å². The number of nitrogens with zero attached hydrogens (tertiary/aromatic N) is 2. The summed E-state index contributed by atoms with van der Waals surface area (Å²) < 4.78 is 5.84. The minimum absolute atomic E-state index is 0.0774. The molecule has 0 bridgehead atoms. The number of hydrogen-bond acceptors (Lipinski definition) is 4. The van der Waals surface area contributed by atoms with Crippen LogP contribution in [0.2, 0.25) is 0 Å². The van der Waals surface area contributed by atoms with Crippen molar-refractivity contribution in [3.8, 4) is 0 Å². The maximum Gasteiger partial charge on any atom is 0.312 e. The molecule has 1 aromatic rings. The van der Waals surface area contributed by atoms with E-state index in [9.17, 15) is 9.59 Å². The zero-order chi connectivity index (χ0) is 17.4. The van der Waals surface area contributed by atoms with E-state index in [2.05, 4.69) is 17.3 Å². The van der Waals surface area contributed by atoms with E-state index in [1.165, 1.54) is 12.8 Å². The quantitative estimate of drug-likeness (QED) is 0.797. The molecule has 134 valence electrons. The van der Waals surface area contributed by atoms with Gasteiger partial charge in [0.1, 0.15) is 0 Å². The lowest BCUT2D eigenvalue weighted by Crippen LogP contribution is -2.72. The normalized spacial score (nSPS) is 29.5. The van der Waals surface area contributed by atoms with Gasteiger partial charge in [-0.3, -0.25) is 14.5 Å². The van der Waals surface area contributed by atoms with E-state index in [-0.39, 0.29) is 18.1 Å². The van der Waals surface area contributed by atoms with Gasteiger partial charge in [-0.25, -0.2) is 0 Å². The van der Waals surface area contributed by atoms with Crippen LogP contribution in [-0.2, 0) is 20.9 Å². The standard InChI is InChI=1S/C19H25N3O3/c1-21(9-14-7-8-14)15-11-25-12-16-17(15)20-18(23)19(24)22(16)10-13-5-3-2-4-6-13/h2-6,14-17H,7-12H2,1H3,(H,20,23)/t15-,16+,17+/m0/s1. The van der Waals surface area contributed by atoms with Crippen molar-refractivity contribution in [1.29, 1.82) is 0 Å². The molecule has 1 saturated carbocycles. The molecule has 3 aliphatic rings.